The van der Waals surface area contributed by atoms with E-state index in [0.29, 0.717) is 17.9 Å². The lowest BCUT2D eigenvalue weighted by Gasteiger charge is -2.24. The smallest absolute Gasteiger partial charge is 0.329 e. The number of carboxylic acid groups (broad SMARTS) is 1. The lowest BCUT2D eigenvalue weighted by molar-refractivity contribution is -0.147. The van der Waals surface area contributed by atoms with Crippen molar-refractivity contribution in [2.75, 3.05) is 6.61 Å². The van der Waals surface area contributed by atoms with Crippen LogP contribution >= 0.6 is 0 Å². The maximum Gasteiger partial charge on any atom is 0.329 e. The van der Waals surface area contributed by atoms with Crippen molar-refractivity contribution in [1.82, 2.24) is 5.32 Å². The van der Waals surface area contributed by atoms with Crippen molar-refractivity contribution in [2.24, 2.45) is 0 Å². The van der Waals surface area contributed by atoms with Gasteiger partial charge in [0.15, 0.2) is 5.78 Å². The van der Waals surface area contributed by atoms with Gasteiger partial charge in [-0.2, -0.15) is 0 Å². The van der Waals surface area contributed by atoms with Gasteiger partial charge in [0, 0.05) is 18.4 Å². The van der Waals surface area contributed by atoms with Crippen LogP contribution in [-0.2, 0) is 9.59 Å². The summed E-state index contributed by atoms with van der Waals surface area (Å²) in [5, 5.41) is 11.6. The van der Waals surface area contributed by atoms with Crippen molar-refractivity contribution < 1.29 is 24.2 Å². The van der Waals surface area contributed by atoms with Crippen molar-refractivity contribution >= 4 is 17.7 Å². The summed E-state index contributed by atoms with van der Waals surface area (Å²) in [6, 6.07) is 6.78. The summed E-state index contributed by atoms with van der Waals surface area (Å²) in [7, 11) is 0. The predicted octanol–water partition coefficient (Wildman–Crippen LogP) is 2.81. The second kappa shape index (κ2) is 9.05. The molecule has 2 N–H and O–H groups in total. The van der Waals surface area contributed by atoms with E-state index >= 15 is 0 Å². The molecule has 1 aromatic rings. The molecule has 0 saturated heterocycles. The van der Waals surface area contributed by atoms with Crippen molar-refractivity contribution in [2.45, 2.75) is 52.0 Å². The highest BCUT2D eigenvalue weighted by Gasteiger charge is 2.32. The van der Waals surface area contributed by atoms with Crippen molar-refractivity contribution in [3.63, 3.8) is 0 Å². The SMILES string of the molecule is CCCOc1ccc(C(=O)CCC(=O)NC(C)(CC)C(=O)O)cc1. The Labute approximate surface area is 142 Å². The van der Waals surface area contributed by atoms with Crippen molar-refractivity contribution in [3.05, 3.63) is 29.8 Å². The maximum atomic E-state index is 12.1. The number of aliphatic carboxylic acids is 1. The second-order valence-electron chi connectivity index (χ2n) is 5.84. The van der Waals surface area contributed by atoms with Crippen LogP contribution in [0.1, 0.15) is 56.8 Å². The summed E-state index contributed by atoms with van der Waals surface area (Å²) in [6.07, 6.45) is 1.15. The van der Waals surface area contributed by atoms with E-state index in [2.05, 4.69) is 5.32 Å². The van der Waals surface area contributed by atoms with Gasteiger partial charge in [0.2, 0.25) is 5.91 Å². The topological polar surface area (TPSA) is 92.7 Å². The van der Waals surface area contributed by atoms with Crippen LogP contribution in [-0.4, -0.2) is 34.9 Å². The number of benzene rings is 1. The molecule has 1 aromatic carbocycles. The molecule has 0 radical (unpaired) electrons. The molecular weight excluding hydrogens is 310 g/mol. The number of amides is 1. The van der Waals surface area contributed by atoms with Gasteiger partial charge in [-0.3, -0.25) is 9.59 Å². The number of ketones is 1. The van der Waals surface area contributed by atoms with Crippen LogP contribution in [0.15, 0.2) is 24.3 Å². The monoisotopic (exact) mass is 335 g/mol. The summed E-state index contributed by atoms with van der Waals surface area (Å²) in [5.74, 6) is -1.00. The van der Waals surface area contributed by atoms with Crippen LogP contribution in [0, 0.1) is 0 Å². The minimum atomic E-state index is -1.31. The van der Waals surface area contributed by atoms with Gasteiger partial charge in [-0.15, -0.1) is 0 Å². The normalized spacial score (nSPS) is 13.0. The first-order chi connectivity index (χ1) is 11.3. The summed E-state index contributed by atoms with van der Waals surface area (Å²) in [6.45, 7) is 5.76. The highest BCUT2D eigenvalue weighted by atomic mass is 16.5. The van der Waals surface area contributed by atoms with Gasteiger partial charge in [-0.05, 0) is 44.0 Å². The fourth-order valence-electron chi connectivity index (χ4n) is 1.99. The number of carbonyl (C=O) groups is 3. The number of ether oxygens (including phenoxy) is 1. The Kier molecular flexibility index (Phi) is 7.42. The molecular formula is C18H25NO5. The zero-order valence-corrected chi connectivity index (χ0v) is 14.4. The molecule has 0 aliphatic carbocycles. The molecule has 132 valence electrons. The molecule has 0 saturated carbocycles. The number of hydrogen-bond donors (Lipinski definition) is 2. The fourth-order valence-corrected chi connectivity index (χ4v) is 1.99. The summed E-state index contributed by atoms with van der Waals surface area (Å²) in [5.41, 5.74) is -0.804. The number of Topliss-reactive ketones (excluding diaryl/α,β-unsaturated/α-hetero) is 1. The van der Waals surface area contributed by atoms with Crippen LogP contribution in [0.2, 0.25) is 0 Å². The van der Waals surface area contributed by atoms with Gasteiger partial charge in [0.1, 0.15) is 11.3 Å². The van der Waals surface area contributed by atoms with Gasteiger partial charge < -0.3 is 15.2 Å². The third-order valence-electron chi connectivity index (χ3n) is 3.82. The summed E-state index contributed by atoms with van der Waals surface area (Å²) < 4.78 is 5.45. The van der Waals surface area contributed by atoms with E-state index in [-0.39, 0.29) is 25.0 Å². The molecule has 1 amide bonds. The van der Waals surface area contributed by atoms with E-state index in [9.17, 15) is 14.4 Å². The van der Waals surface area contributed by atoms with Crippen LogP contribution < -0.4 is 10.1 Å². The molecule has 0 fully saturated rings. The zero-order chi connectivity index (χ0) is 18.2. The third-order valence-corrected chi connectivity index (χ3v) is 3.82. The highest BCUT2D eigenvalue weighted by Crippen LogP contribution is 2.15. The fraction of sp³-hybridized carbons (Fsp3) is 0.500. The molecule has 1 unspecified atom stereocenters. The Balaban J connectivity index is 2.53. The van der Waals surface area contributed by atoms with E-state index < -0.39 is 17.4 Å². The quantitative estimate of drug-likeness (QED) is 0.641. The molecule has 0 heterocycles. The summed E-state index contributed by atoms with van der Waals surface area (Å²) >= 11 is 0. The highest BCUT2D eigenvalue weighted by molar-refractivity contribution is 5.98. The number of carboxylic acids is 1. The van der Waals surface area contributed by atoms with Gasteiger partial charge >= 0.3 is 5.97 Å². The minimum Gasteiger partial charge on any atom is -0.494 e. The van der Waals surface area contributed by atoms with Gasteiger partial charge in [0.05, 0.1) is 6.61 Å². The van der Waals surface area contributed by atoms with Gasteiger partial charge in [0.25, 0.3) is 0 Å². The Morgan fingerprint density at radius 2 is 1.75 bits per heavy atom. The average Bonchev–Trinajstić information content (AvgIpc) is 2.58. The van der Waals surface area contributed by atoms with E-state index in [4.69, 9.17) is 9.84 Å². The largest absolute Gasteiger partial charge is 0.494 e. The lowest BCUT2D eigenvalue weighted by Crippen LogP contribution is -2.51. The Bertz CT molecular complexity index is 582. The number of rotatable bonds is 10. The first-order valence-corrected chi connectivity index (χ1v) is 8.13. The minimum absolute atomic E-state index is 0.0282. The molecule has 24 heavy (non-hydrogen) atoms. The first kappa shape index (κ1) is 19.7. The molecule has 0 spiro atoms. The van der Waals surface area contributed by atoms with E-state index in [0.717, 1.165) is 6.42 Å². The van der Waals surface area contributed by atoms with Crippen LogP contribution in [0.5, 0.6) is 5.75 Å². The Morgan fingerprint density at radius 1 is 1.12 bits per heavy atom. The average molecular weight is 335 g/mol. The van der Waals surface area contributed by atoms with Crippen molar-refractivity contribution in [1.29, 1.82) is 0 Å². The van der Waals surface area contributed by atoms with Gasteiger partial charge in [-0.25, -0.2) is 4.79 Å². The van der Waals surface area contributed by atoms with Crippen LogP contribution in [0.3, 0.4) is 0 Å². The summed E-state index contributed by atoms with van der Waals surface area (Å²) in [4.78, 5) is 35.2. The molecule has 6 nitrogen and oxygen atoms in total. The first-order valence-electron chi connectivity index (χ1n) is 8.13. The molecule has 6 heteroatoms. The van der Waals surface area contributed by atoms with E-state index in [1.807, 2.05) is 6.92 Å². The van der Waals surface area contributed by atoms with Crippen LogP contribution in [0.25, 0.3) is 0 Å². The molecule has 0 aliphatic rings. The number of nitrogens with one attached hydrogen (secondary N) is 1. The van der Waals surface area contributed by atoms with E-state index in [1.165, 1.54) is 6.92 Å². The molecule has 0 bridgehead atoms. The maximum absolute atomic E-state index is 12.1. The molecule has 1 atom stereocenters. The molecule has 1 rings (SSSR count). The zero-order valence-electron chi connectivity index (χ0n) is 14.4. The number of carbonyl (C=O) groups excluding carboxylic acids is 2. The second-order valence-corrected chi connectivity index (χ2v) is 5.84. The van der Waals surface area contributed by atoms with E-state index in [1.54, 1.807) is 31.2 Å². The Morgan fingerprint density at radius 3 is 2.25 bits per heavy atom. The Hall–Kier alpha value is -2.37. The third kappa shape index (κ3) is 5.68. The predicted molar refractivity (Wildman–Crippen MR) is 90.3 cm³/mol. The van der Waals surface area contributed by atoms with Crippen LogP contribution in [0.4, 0.5) is 0 Å². The molecule has 0 aromatic heterocycles. The standard InChI is InChI=1S/C18H25NO5/c1-4-12-24-14-8-6-13(7-9-14)15(20)10-11-16(21)19-18(3,5-2)17(22)23/h6-9H,4-5,10-12H2,1-3H3,(H,19,21)(H,22,23). The van der Waals surface area contributed by atoms with Gasteiger partial charge in [-0.1, -0.05) is 13.8 Å². The van der Waals surface area contributed by atoms with Crippen molar-refractivity contribution in [3.8, 4) is 5.75 Å². The lowest BCUT2D eigenvalue weighted by atomic mass is 9.98. The number of hydrogen-bond acceptors (Lipinski definition) is 4. The molecule has 0 aliphatic heterocycles.